The summed E-state index contributed by atoms with van der Waals surface area (Å²) in [7, 11) is 1.76. The Morgan fingerprint density at radius 1 is 1.67 bits per heavy atom. The molecule has 0 aromatic heterocycles. The van der Waals surface area contributed by atoms with Gasteiger partial charge in [0.05, 0.1) is 17.8 Å². The lowest BCUT2D eigenvalue weighted by atomic mass is 10.1. The third-order valence-electron chi connectivity index (χ3n) is 1.93. The van der Waals surface area contributed by atoms with Crippen molar-refractivity contribution in [2.75, 3.05) is 18.5 Å². The Morgan fingerprint density at radius 3 is 2.87 bits per heavy atom. The molecule has 15 heavy (non-hydrogen) atoms. The first kappa shape index (κ1) is 11.6. The Bertz CT molecular complexity index is 423. The third kappa shape index (κ3) is 2.74. The zero-order valence-electron chi connectivity index (χ0n) is 8.20. The molecular formula is C11H10BrNO2. The number of hydrogen-bond acceptors (Lipinski definition) is 2. The van der Waals surface area contributed by atoms with Crippen molar-refractivity contribution in [2.24, 2.45) is 0 Å². The van der Waals surface area contributed by atoms with Crippen molar-refractivity contribution in [3.8, 4) is 12.3 Å². The summed E-state index contributed by atoms with van der Waals surface area (Å²) in [5.41, 5.74) is 0.853. The first-order chi connectivity index (χ1) is 7.06. The number of aromatic carboxylic acids is 1. The molecule has 1 N–H and O–H groups in total. The molecule has 4 heteroatoms. The Balaban J connectivity index is 3.19. The summed E-state index contributed by atoms with van der Waals surface area (Å²) in [5, 5.41) is 8.98. The van der Waals surface area contributed by atoms with E-state index in [9.17, 15) is 4.79 Å². The molecule has 78 valence electrons. The van der Waals surface area contributed by atoms with E-state index in [4.69, 9.17) is 11.5 Å². The molecule has 0 fully saturated rings. The smallest absolute Gasteiger partial charge is 0.337 e. The number of anilines is 1. The van der Waals surface area contributed by atoms with Crippen LogP contribution in [0.25, 0.3) is 0 Å². The molecule has 3 nitrogen and oxygen atoms in total. The Hall–Kier alpha value is -1.47. The largest absolute Gasteiger partial charge is 0.478 e. The van der Waals surface area contributed by atoms with E-state index in [2.05, 4.69) is 21.9 Å². The van der Waals surface area contributed by atoms with E-state index in [0.717, 1.165) is 4.47 Å². The van der Waals surface area contributed by atoms with Crippen molar-refractivity contribution in [2.45, 2.75) is 0 Å². The topological polar surface area (TPSA) is 40.5 Å². The number of rotatable bonds is 3. The SMILES string of the molecule is C#CCN(C)c1cc(Br)ccc1C(=O)O. The second-order valence-corrected chi connectivity index (χ2v) is 3.94. The van der Waals surface area contributed by atoms with E-state index in [0.29, 0.717) is 12.2 Å². The molecule has 0 amide bonds. The lowest BCUT2D eigenvalue weighted by Crippen LogP contribution is -2.20. The highest BCUT2D eigenvalue weighted by molar-refractivity contribution is 9.10. The summed E-state index contributed by atoms with van der Waals surface area (Å²) < 4.78 is 0.825. The molecule has 0 unspecified atom stereocenters. The first-order valence-electron chi connectivity index (χ1n) is 4.23. The summed E-state index contributed by atoms with van der Waals surface area (Å²) in [6.07, 6.45) is 5.18. The molecule has 0 saturated heterocycles. The van der Waals surface area contributed by atoms with Crippen LogP contribution in [0.2, 0.25) is 0 Å². The molecule has 0 heterocycles. The van der Waals surface area contributed by atoms with Crippen LogP contribution < -0.4 is 4.90 Å². The Morgan fingerprint density at radius 2 is 2.33 bits per heavy atom. The molecule has 1 aromatic rings. The fourth-order valence-electron chi connectivity index (χ4n) is 1.22. The van der Waals surface area contributed by atoms with Gasteiger partial charge >= 0.3 is 5.97 Å². The molecule has 0 aliphatic rings. The number of terminal acetylenes is 1. The summed E-state index contributed by atoms with van der Waals surface area (Å²) in [6, 6.07) is 4.98. The zero-order valence-corrected chi connectivity index (χ0v) is 9.78. The van der Waals surface area contributed by atoms with E-state index >= 15 is 0 Å². The van der Waals surface area contributed by atoms with Gasteiger partial charge in [0, 0.05) is 11.5 Å². The minimum absolute atomic E-state index is 0.246. The van der Waals surface area contributed by atoms with Gasteiger partial charge in [-0.2, -0.15) is 0 Å². The Kier molecular flexibility index (Phi) is 3.75. The summed E-state index contributed by atoms with van der Waals surface area (Å²) in [5.74, 6) is 1.51. The summed E-state index contributed by atoms with van der Waals surface area (Å²) in [6.45, 7) is 0.372. The normalized spacial score (nSPS) is 9.40. The number of halogens is 1. The van der Waals surface area contributed by atoms with Crippen molar-refractivity contribution in [3.63, 3.8) is 0 Å². The van der Waals surface area contributed by atoms with Crippen LogP contribution in [-0.4, -0.2) is 24.7 Å². The quantitative estimate of drug-likeness (QED) is 0.854. The molecule has 0 radical (unpaired) electrons. The fourth-order valence-corrected chi connectivity index (χ4v) is 1.57. The van der Waals surface area contributed by atoms with Crippen LogP contribution in [0.4, 0.5) is 5.69 Å². The lowest BCUT2D eigenvalue weighted by Gasteiger charge is -2.18. The van der Waals surface area contributed by atoms with Gasteiger partial charge in [-0.25, -0.2) is 4.79 Å². The standard InChI is InChI=1S/C11H10BrNO2/c1-3-6-13(2)10-7-8(12)4-5-9(10)11(14)15/h1,4-5,7H,6H2,2H3,(H,14,15). The van der Waals surface area contributed by atoms with Gasteiger partial charge in [-0.3, -0.25) is 0 Å². The highest BCUT2D eigenvalue weighted by Gasteiger charge is 2.12. The van der Waals surface area contributed by atoms with E-state index in [1.54, 1.807) is 30.1 Å². The van der Waals surface area contributed by atoms with Crippen LogP contribution in [-0.2, 0) is 0 Å². The molecule has 1 rings (SSSR count). The highest BCUT2D eigenvalue weighted by atomic mass is 79.9. The fraction of sp³-hybridized carbons (Fsp3) is 0.182. The number of nitrogens with zero attached hydrogens (tertiary/aromatic N) is 1. The summed E-state index contributed by atoms with van der Waals surface area (Å²) >= 11 is 3.29. The van der Waals surface area contributed by atoms with Gasteiger partial charge in [0.25, 0.3) is 0 Å². The average Bonchev–Trinajstić information content (AvgIpc) is 2.17. The average molecular weight is 268 g/mol. The van der Waals surface area contributed by atoms with Crippen LogP contribution >= 0.6 is 15.9 Å². The number of carboxylic acids is 1. The Labute approximate surface area is 96.8 Å². The second-order valence-electron chi connectivity index (χ2n) is 3.03. The number of carbonyl (C=O) groups is 1. The molecular weight excluding hydrogens is 258 g/mol. The monoisotopic (exact) mass is 267 g/mol. The zero-order chi connectivity index (χ0) is 11.4. The molecule has 0 aliphatic carbocycles. The van der Waals surface area contributed by atoms with Gasteiger partial charge in [0.2, 0.25) is 0 Å². The molecule has 0 atom stereocenters. The summed E-state index contributed by atoms with van der Waals surface area (Å²) in [4.78, 5) is 12.7. The number of carboxylic acid groups (broad SMARTS) is 1. The predicted octanol–water partition coefficient (Wildman–Crippen LogP) is 2.22. The minimum Gasteiger partial charge on any atom is -0.478 e. The van der Waals surface area contributed by atoms with E-state index in [-0.39, 0.29) is 5.56 Å². The van der Waals surface area contributed by atoms with E-state index in [1.807, 2.05) is 0 Å². The van der Waals surface area contributed by atoms with E-state index in [1.165, 1.54) is 0 Å². The van der Waals surface area contributed by atoms with Gasteiger partial charge < -0.3 is 10.0 Å². The maximum Gasteiger partial charge on any atom is 0.337 e. The number of hydrogen-bond donors (Lipinski definition) is 1. The van der Waals surface area contributed by atoms with E-state index < -0.39 is 5.97 Å². The van der Waals surface area contributed by atoms with Crippen LogP contribution in [0.1, 0.15) is 10.4 Å². The van der Waals surface area contributed by atoms with Gasteiger partial charge in [0.15, 0.2) is 0 Å². The van der Waals surface area contributed by atoms with Crippen molar-refractivity contribution >= 4 is 27.6 Å². The molecule has 1 aromatic carbocycles. The number of benzene rings is 1. The maximum absolute atomic E-state index is 10.9. The van der Waals surface area contributed by atoms with Crippen LogP contribution in [0.5, 0.6) is 0 Å². The van der Waals surface area contributed by atoms with Gasteiger partial charge in [0.1, 0.15) is 0 Å². The van der Waals surface area contributed by atoms with Crippen molar-refractivity contribution in [1.82, 2.24) is 0 Å². The van der Waals surface area contributed by atoms with Gasteiger partial charge in [-0.15, -0.1) is 6.42 Å². The lowest BCUT2D eigenvalue weighted by molar-refractivity contribution is 0.0697. The second kappa shape index (κ2) is 4.85. The van der Waals surface area contributed by atoms with Gasteiger partial charge in [-0.1, -0.05) is 21.9 Å². The predicted molar refractivity (Wildman–Crippen MR) is 63.2 cm³/mol. The molecule has 0 saturated carbocycles. The van der Waals surface area contributed by atoms with Crippen molar-refractivity contribution < 1.29 is 9.90 Å². The van der Waals surface area contributed by atoms with Crippen LogP contribution in [0, 0.1) is 12.3 Å². The molecule has 0 bridgehead atoms. The maximum atomic E-state index is 10.9. The minimum atomic E-state index is -0.957. The molecule has 0 aliphatic heterocycles. The van der Waals surface area contributed by atoms with Crippen molar-refractivity contribution in [1.29, 1.82) is 0 Å². The third-order valence-corrected chi connectivity index (χ3v) is 2.42. The first-order valence-corrected chi connectivity index (χ1v) is 5.03. The van der Waals surface area contributed by atoms with Crippen LogP contribution in [0.3, 0.4) is 0 Å². The van der Waals surface area contributed by atoms with Crippen molar-refractivity contribution in [3.05, 3.63) is 28.2 Å². The van der Waals surface area contributed by atoms with Gasteiger partial charge in [-0.05, 0) is 18.2 Å². The molecule has 0 spiro atoms. The highest BCUT2D eigenvalue weighted by Crippen LogP contribution is 2.24. The van der Waals surface area contributed by atoms with Crippen LogP contribution in [0.15, 0.2) is 22.7 Å².